The lowest BCUT2D eigenvalue weighted by atomic mass is 10.0. The molecule has 2 heterocycles. The lowest BCUT2D eigenvalue weighted by Crippen LogP contribution is -1.96. The third-order valence-corrected chi connectivity index (χ3v) is 4.46. The van der Waals surface area contributed by atoms with Crippen LogP contribution in [0.25, 0.3) is 22.2 Å². The van der Waals surface area contributed by atoms with E-state index in [1.807, 2.05) is 13.8 Å². The van der Waals surface area contributed by atoms with Crippen LogP contribution in [-0.2, 0) is 7.05 Å². The molecule has 4 heteroatoms. The summed E-state index contributed by atoms with van der Waals surface area (Å²) in [6.07, 6.45) is 2.54. The molecule has 21 heavy (non-hydrogen) atoms. The van der Waals surface area contributed by atoms with E-state index in [1.54, 1.807) is 0 Å². The van der Waals surface area contributed by atoms with Crippen molar-refractivity contribution in [3.8, 4) is 11.1 Å². The third-order valence-electron chi connectivity index (χ3n) is 4.46. The second-order valence-electron chi connectivity index (χ2n) is 6.16. The molecule has 0 atom stereocenters. The maximum atomic E-state index is 5.30. The maximum absolute atomic E-state index is 5.30. The van der Waals surface area contributed by atoms with Crippen LogP contribution in [-0.4, -0.2) is 14.7 Å². The Kier molecular flexibility index (Phi) is 2.52. The van der Waals surface area contributed by atoms with Crippen LogP contribution < -0.4 is 0 Å². The Balaban J connectivity index is 1.97. The first-order chi connectivity index (χ1) is 10.1. The zero-order chi connectivity index (χ0) is 14.7. The highest BCUT2D eigenvalue weighted by Gasteiger charge is 2.29. The van der Waals surface area contributed by atoms with Gasteiger partial charge in [-0.3, -0.25) is 0 Å². The second-order valence-corrected chi connectivity index (χ2v) is 6.16. The van der Waals surface area contributed by atoms with Gasteiger partial charge in [-0.2, -0.15) is 0 Å². The number of aromatic nitrogens is 3. The number of aryl methyl sites for hydroxylation is 4. The quantitative estimate of drug-likeness (QED) is 0.712. The van der Waals surface area contributed by atoms with E-state index in [2.05, 4.69) is 35.8 Å². The maximum Gasteiger partial charge on any atom is 0.141 e. The minimum Gasteiger partial charge on any atom is -0.361 e. The molecule has 4 nitrogen and oxygen atoms in total. The first-order valence-electron chi connectivity index (χ1n) is 7.46. The highest BCUT2D eigenvalue weighted by Crippen LogP contribution is 2.41. The molecule has 0 aliphatic heterocycles. The molecular formula is C17H19N3O. The van der Waals surface area contributed by atoms with Gasteiger partial charge in [0.05, 0.1) is 16.7 Å². The molecule has 1 fully saturated rings. The van der Waals surface area contributed by atoms with Gasteiger partial charge in [-0.15, -0.1) is 0 Å². The van der Waals surface area contributed by atoms with Gasteiger partial charge in [0.1, 0.15) is 11.6 Å². The number of hydrogen-bond acceptors (Lipinski definition) is 3. The molecule has 0 bridgehead atoms. The number of imidazole rings is 1. The average Bonchev–Trinajstić information content (AvgIpc) is 3.14. The van der Waals surface area contributed by atoms with Crippen LogP contribution in [0.2, 0.25) is 0 Å². The van der Waals surface area contributed by atoms with Gasteiger partial charge in [0.15, 0.2) is 0 Å². The Bertz CT molecular complexity index is 833. The van der Waals surface area contributed by atoms with Crippen molar-refractivity contribution in [1.29, 1.82) is 0 Å². The minimum absolute atomic E-state index is 0.657. The molecule has 0 radical (unpaired) electrons. The Morgan fingerprint density at radius 1 is 1.19 bits per heavy atom. The van der Waals surface area contributed by atoms with Crippen LogP contribution in [0, 0.1) is 20.8 Å². The number of nitrogens with zero attached hydrogens (tertiary/aromatic N) is 3. The molecule has 0 spiro atoms. The number of hydrogen-bond donors (Lipinski definition) is 0. The smallest absolute Gasteiger partial charge is 0.141 e. The van der Waals surface area contributed by atoms with Crippen LogP contribution in [0.5, 0.6) is 0 Å². The summed E-state index contributed by atoms with van der Waals surface area (Å²) >= 11 is 0. The lowest BCUT2D eigenvalue weighted by Gasteiger charge is -2.06. The van der Waals surface area contributed by atoms with Gasteiger partial charge >= 0.3 is 0 Å². The fraction of sp³-hybridized carbons (Fsp3) is 0.412. The van der Waals surface area contributed by atoms with E-state index in [0.717, 1.165) is 28.1 Å². The van der Waals surface area contributed by atoms with E-state index in [9.17, 15) is 0 Å². The van der Waals surface area contributed by atoms with Crippen LogP contribution in [0.1, 0.15) is 41.6 Å². The van der Waals surface area contributed by atoms with Crippen LogP contribution in [0.15, 0.2) is 16.7 Å². The first kappa shape index (κ1) is 12.6. The zero-order valence-corrected chi connectivity index (χ0v) is 12.9. The molecule has 1 saturated carbocycles. The largest absolute Gasteiger partial charge is 0.361 e. The standard InChI is InChI=1S/C17H19N3O/c1-9-7-13(15-10(2)19-21-11(15)3)8-14-16(9)20(4)17(18-14)12-5-6-12/h7-8,12H,5-6H2,1-4H3. The Hall–Kier alpha value is -2.10. The van der Waals surface area contributed by atoms with Gasteiger partial charge in [0.2, 0.25) is 0 Å². The lowest BCUT2D eigenvalue weighted by molar-refractivity contribution is 0.393. The summed E-state index contributed by atoms with van der Waals surface area (Å²) in [6, 6.07) is 4.38. The van der Waals surface area contributed by atoms with Gasteiger partial charge in [0, 0.05) is 18.5 Å². The molecule has 0 amide bonds. The Labute approximate surface area is 123 Å². The van der Waals surface area contributed by atoms with Crippen molar-refractivity contribution < 1.29 is 4.52 Å². The van der Waals surface area contributed by atoms with E-state index in [0.29, 0.717) is 5.92 Å². The van der Waals surface area contributed by atoms with E-state index in [1.165, 1.54) is 29.7 Å². The topological polar surface area (TPSA) is 43.9 Å². The molecule has 108 valence electrons. The van der Waals surface area contributed by atoms with Crippen LogP contribution >= 0.6 is 0 Å². The fourth-order valence-electron chi connectivity index (χ4n) is 3.34. The fourth-order valence-corrected chi connectivity index (χ4v) is 3.34. The summed E-state index contributed by atoms with van der Waals surface area (Å²) < 4.78 is 7.57. The van der Waals surface area contributed by atoms with Crippen LogP contribution in [0.4, 0.5) is 0 Å². The first-order valence-corrected chi connectivity index (χ1v) is 7.46. The van der Waals surface area contributed by atoms with Crippen molar-refractivity contribution in [1.82, 2.24) is 14.7 Å². The molecule has 1 aliphatic rings. The number of rotatable bonds is 2. The molecule has 3 aromatic rings. The molecule has 0 unspecified atom stereocenters. The van der Waals surface area contributed by atoms with Crippen molar-refractivity contribution in [2.75, 3.05) is 0 Å². The number of fused-ring (bicyclic) bond motifs is 1. The molecule has 2 aromatic heterocycles. The van der Waals surface area contributed by atoms with E-state index >= 15 is 0 Å². The third kappa shape index (κ3) is 1.82. The SMILES string of the molecule is Cc1noc(C)c1-c1cc(C)c2c(c1)nc(C1CC1)n2C. The molecule has 1 aliphatic carbocycles. The van der Waals surface area contributed by atoms with Gasteiger partial charge in [-0.1, -0.05) is 5.16 Å². The Morgan fingerprint density at radius 2 is 1.95 bits per heavy atom. The molecule has 4 rings (SSSR count). The van der Waals surface area contributed by atoms with E-state index in [4.69, 9.17) is 9.51 Å². The monoisotopic (exact) mass is 281 g/mol. The van der Waals surface area contributed by atoms with Crippen molar-refractivity contribution in [2.45, 2.75) is 39.5 Å². The van der Waals surface area contributed by atoms with Crippen molar-refractivity contribution in [3.05, 3.63) is 35.0 Å². The molecular weight excluding hydrogens is 262 g/mol. The summed E-state index contributed by atoms with van der Waals surface area (Å²) in [5.41, 5.74) is 6.76. The summed E-state index contributed by atoms with van der Waals surface area (Å²) in [5, 5.41) is 4.06. The van der Waals surface area contributed by atoms with E-state index < -0.39 is 0 Å². The highest BCUT2D eigenvalue weighted by molar-refractivity contribution is 5.86. The second kappa shape index (κ2) is 4.20. The predicted molar refractivity (Wildman–Crippen MR) is 82.4 cm³/mol. The molecule has 1 aromatic carbocycles. The highest BCUT2D eigenvalue weighted by atomic mass is 16.5. The number of benzene rings is 1. The molecule has 0 saturated heterocycles. The van der Waals surface area contributed by atoms with Gasteiger partial charge in [0.25, 0.3) is 0 Å². The summed E-state index contributed by atoms with van der Waals surface area (Å²) in [6.45, 7) is 6.10. The van der Waals surface area contributed by atoms with Crippen molar-refractivity contribution in [3.63, 3.8) is 0 Å². The average molecular weight is 281 g/mol. The van der Waals surface area contributed by atoms with Gasteiger partial charge in [-0.25, -0.2) is 4.98 Å². The summed E-state index contributed by atoms with van der Waals surface area (Å²) in [4.78, 5) is 4.88. The van der Waals surface area contributed by atoms with Crippen LogP contribution in [0.3, 0.4) is 0 Å². The predicted octanol–water partition coefficient (Wildman–Crippen LogP) is 4.03. The van der Waals surface area contributed by atoms with Gasteiger partial charge < -0.3 is 9.09 Å². The minimum atomic E-state index is 0.657. The van der Waals surface area contributed by atoms with Crippen molar-refractivity contribution >= 4 is 11.0 Å². The summed E-state index contributed by atoms with van der Waals surface area (Å²) in [7, 11) is 2.13. The molecule has 0 N–H and O–H groups in total. The zero-order valence-electron chi connectivity index (χ0n) is 12.9. The Morgan fingerprint density at radius 3 is 2.57 bits per heavy atom. The van der Waals surface area contributed by atoms with E-state index in [-0.39, 0.29) is 0 Å². The van der Waals surface area contributed by atoms with Gasteiger partial charge in [-0.05, 0) is 56.9 Å². The normalized spacial score (nSPS) is 15.0. The van der Waals surface area contributed by atoms with Crippen molar-refractivity contribution in [2.24, 2.45) is 7.05 Å². The summed E-state index contributed by atoms with van der Waals surface area (Å²) in [5.74, 6) is 2.75.